The highest BCUT2D eigenvalue weighted by atomic mass is 32.1. The lowest BCUT2D eigenvalue weighted by molar-refractivity contribution is 0.0766. The van der Waals surface area contributed by atoms with E-state index >= 15 is 0 Å². The number of nitrogens with two attached hydrogens (primary N) is 1. The molecule has 4 heteroatoms. The average Bonchev–Trinajstić information content (AvgIpc) is 2.56. The lowest BCUT2D eigenvalue weighted by atomic mass is 10.0. The molecule has 0 saturated carbocycles. The molecular formula is C12H18N2OS. The van der Waals surface area contributed by atoms with Crippen LogP contribution in [0.5, 0.6) is 0 Å². The second-order valence-corrected chi connectivity index (χ2v) is 5.45. The normalized spacial score (nSPS) is 21.8. The number of nitrogens with zero attached hydrogens (tertiary/aromatic N) is 1. The number of amides is 1. The van der Waals surface area contributed by atoms with Crippen LogP contribution in [0.15, 0.2) is 11.4 Å². The smallest absolute Gasteiger partial charge is 0.266 e. The van der Waals surface area contributed by atoms with Crippen molar-refractivity contribution in [1.29, 1.82) is 0 Å². The Balaban J connectivity index is 2.07. The van der Waals surface area contributed by atoms with E-state index in [1.165, 1.54) is 17.8 Å². The van der Waals surface area contributed by atoms with E-state index in [2.05, 4.69) is 6.92 Å². The number of hydrogen-bond donors (Lipinski definition) is 1. The van der Waals surface area contributed by atoms with E-state index in [1.54, 1.807) is 6.07 Å². The maximum absolute atomic E-state index is 12.2. The second kappa shape index (κ2) is 4.87. The summed E-state index contributed by atoms with van der Waals surface area (Å²) in [6.45, 7) is 4.01. The van der Waals surface area contributed by atoms with Crippen LogP contribution in [0.2, 0.25) is 0 Å². The maximum Gasteiger partial charge on any atom is 0.266 e. The van der Waals surface area contributed by atoms with Gasteiger partial charge in [-0.1, -0.05) is 6.92 Å². The minimum absolute atomic E-state index is 0.113. The SMILES string of the molecule is CC1CCCN(C(=O)c2sccc2N)CC1. The van der Waals surface area contributed by atoms with Gasteiger partial charge in [0.05, 0.1) is 5.69 Å². The van der Waals surface area contributed by atoms with Gasteiger partial charge in [-0.05, 0) is 36.6 Å². The third kappa shape index (κ3) is 2.38. The fourth-order valence-electron chi connectivity index (χ4n) is 2.10. The Morgan fingerprint density at radius 3 is 3.00 bits per heavy atom. The van der Waals surface area contributed by atoms with Crippen LogP contribution in [0.1, 0.15) is 35.9 Å². The minimum atomic E-state index is 0.113. The van der Waals surface area contributed by atoms with Crippen molar-refractivity contribution in [1.82, 2.24) is 4.90 Å². The summed E-state index contributed by atoms with van der Waals surface area (Å²) in [4.78, 5) is 14.9. The first-order valence-electron chi connectivity index (χ1n) is 5.80. The van der Waals surface area contributed by atoms with Gasteiger partial charge in [0.15, 0.2) is 0 Å². The van der Waals surface area contributed by atoms with Gasteiger partial charge in [-0.25, -0.2) is 0 Å². The topological polar surface area (TPSA) is 46.3 Å². The van der Waals surface area contributed by atoms with Gasteiger partial charge in [0.25, 0.3) is 5.91 Å². The van der Waals surface area contributed by atoms with Crippen LogP contribution in [0.3, 0.4) is 0 Å². The minimum Gasteiger partial charge on any atom is -0.397 e. The Kier molecular flexibility index (Phi) is 3.49. The highest BCUT2D eigenvalue weighted by Crippen LogP contribution is 2.23. The molecule has 1 aromatic rings. The molecule has 0 aliphatic carbocycles. The number of nitrogen functional groups attached to an aromatic ring is 1. The Labute approximate surface area is 100 Å². The van der Waals surface area contributed by atoms with Crippen LogP contribution < -0.4 is 5.73 Å². The van der Waals surface area contributed by atoms with Gasteiger partial charge in [-0.3, -0.25) is 4.79 Å². The van der Waals surface area contributed by atoms with Gasteiger partial charge in [-0.2, -0.15) is 0 Å². The van der Waals surface area contributed by atoms with Gasteiger partial charge in [0, 0.05) is 13.1 Å². The Morgan fingerprint density at radius 1 is 1.50 bits per heavy atom. The van der Waals surface area contributed by atoms with E-state index < -0.39 is 0 Å². The van der Waals surface area contributed by atoms with Gasteiger partial charge in [0.2, 0.25) is 0 Å². The van der Waals surface area contributed by atoms with Gasteiger partial charge < -0.3 is 10.6 Å². The summed E-state index contributed by atoms with van der Waals surface area (Å²) in [6.07, 6.45) is 3.44. The molecule has 1 amide bonds. The number of hydrogen-bond acceptors (Lipinski definition) is 3. The third-order valence-corrected chi connectivity index (χ3v) is 4.11. The zero-order chi connectivity index (χ0) is 11.5. The molecule has 0 radical (unpaired) electrons. The highest BCUT2D eigenvalue weighted by Gasteiger charge is 2.21. The number of rotatable bonds is 1. The highest BCUT2D eigenvalue weighted by molar-refractivity contribution is 7.12. The molecule has 16 heavy (non-hydrogen) atoms. The van der Waals surface area contributed by atoms with Crippen molar-refractivity contribution in [3.05, 3.63) is 16.3 Å². The van der Waals surface area contributed by atoms with E-state index in [4.69, 9.17) is 5.73 Å². The summed E-state index contributed by atoms with van der Waals surface area (Å²) in [7, 11) is 0. The van der Waals surface area contributed by atoms with Crippen molar-refractivity contribution in [3.8, 4) is 0 Å². The Hall–Kier alpha value is -1.03. The summed E-state index contributed by atoms with van der Waals surface area (Å²) in [5, 5.41) is 1.88. The van der Waals surface area contributed by atoms with E-state index in [0.29, 0.717) is 10.6 Å². The summed E-state index contributed by atoms with van der Waals surface area (Å²) < 4.78 is 0. The van der Waals surface area contributed by atoms with Crippen LogP contribution in [-0.4, -0.2) is 23.9 Å². The van der Waals surface area contributed by atoms with E-state index in [9.17, 15) is 4.79 Å². The first-order valence-corrected chi connectivity index (χ1v) is 6.68. The lowest BCUT2D eigenvalue weighted by Gasteiger charge is -2.19. The van der Waals surface area contributed by atoms with Crippen LogP contribution in [0.4, 0.5) is 5.69 Å². The summed E-state index contributed by atoms with van der Waals surface area (Å²) in [5.41, 5.74) is 6.40. The van der Waals surface area contributed by atoms with E-state index in [-0.39, 0.29) is 5.91 Å². The molecule has 2 heterocycles. The molecule has 1 atom stereocenters. The van der Waals surface area contributed by atoms with Crippen molar-refractivity contribution in [3.63, 3.8) is 0 Å². The quantitative estimate of drug-likeness (QED) is 0.817. The van der Waals surface area contributed by atoms with Gasteiger partial charge in [0.1, 0.15) is 4.88 Å². The number of anilines is 1. The van der Waals surface area contributed by atoms with Crippen LogP contribution in [-0.2, 0) is 0 Å². The third-order valence-electron chi connectivity index (χ3n) is 3.19. The standard InChI is InChI=1S/C12H18N2OS/c1-9-3-2-6-14(7-4-9)12(15)11-10(13)5-8-16-11/h5,8-9H,2-4,6-7,13H2,1H3. The molecule has 1 fully saturated rings. The first kappa shape index (κ1) is 11.5. The van der Waals surface area contributed by atoms with Crippen LogP contribution in [0.25, 0.3) is 0 Å². The summed E-state index contributed by atoms with van der Waals surface area (Å²) in [5.74, 6) is 0.847. The van der Waals surface area contributed by atoms with Crippen molar-refractivity contribution in [2.75, 3.05) is 18.8 Å². The maximum atomic E-state index is 12.2. The second-order valence-electron chi connectivity index (χ2n) is 4.53. The summed E-state index contributed by atoms with van der Waals surface area (Å²) in [6, 6.07) is 1.80. The predicted octanol–water partition coefficient (Wildman–Crippen LogP) is 2.59. The summed E-state index contributed by atoms with van der Waals surface area (Å²) >= 11 is 1.44. The monoisotopic (exact) mass is 238 g/mol. The molecule has 1 aromatic heterocycles. The average molecular weight is 238 g/mol. The zero-order valence-electron chi connectivity index (χ0n) is 9.61. The molecular weight excluding hydrogens is 220 g/mol. The Morgan fingerprint density at radius 2 is 2.31 bits per heavy atom. The molecule has 2 N–H and O–H groups in total. The van der Waals surface area contributed by atoms with Crippen molar-refractivity contribution in [2.24, 2.45) is 5.92 Å². The van der Waals surface area contributed by atoms with Crippen molar-refractivity contribution >= 4 is 22.9 Å². The number of likely N-dealkylation sites (tertiary alicyclic amines) is 1. The number of carbonyl (C=O) groups excluding carboxylic acids is 1. The zero-order valence-corrected chi connectivity index (χ0v) is 10.4. The molecule has 88 valence electrons. The van der Waals surface area contributed by atoms with Gasteiger partial charge >= 0.3 is 0 Å². The number of carbonyl (C=O) groups is 1. The fourth-order valence-corrected chi connectivity index (χ4v) is 2.89. The molecule has 1 unspecified atom stereocenters. The molecule has 0 bridgehead atoms. The molecule has 1 saturated heterocycles. The predicted molar refractivity (Wildman–Crippen MR) is 67.6 cm³/mol. The molecule has 0 aromatic carbocycles. The fraction of sp³-hybridized carbons (Fsp3) is 0.583. The van der Waals surface area contributed by atoms with Crippen LogP contribution in [0, 0.1) is 5.92 Å². The van der Waals surface area contributed by atoms with Crippen molar-refractivity contribution in [2.45, 2.75) is 26.2 Å². The van der Waals surface area contributed by atoms with E-state index in [0.717, 1.165) is 31.8 Å². The van der Waals surface area contributed by atoms with Gasteiger partial charge in [-0.15, -0.1) is 11.3 Å². The number of thiophene rings is 1. The molecule has 3 nitrogen and oxygen atoms in total. The van der Waals surface area contributed by atoms with E-state index in [1.807, 2.05) is 10.3 Å². The molecule has 1 aliphatic rings. The first-order chi connectivity index (χ1) is 7.68. The van der Waals surface area contributed by atoms with Crippen molar-refractivity contribution < 1.29 is 4.79 Å². The van der Waals surface area contributed by atoms with Crippen LogP contribution >= 0.6 is 11.3 Å². The molecule has 1 aliphatic heterocycles. The largest absolute Gasteiger partial charge is 0.397 e. The Bertz CT molecular complexity index is 375. The molecule has 2 rings (SSSR count). The lowest BCUT2D eigenvalue weighted by Crippen LogP contribution is -2.31. The molecule has 0 spiro atoms.